The maximum atomic E-state index is 4.79. The van der Waals surface area contributed by atoms with Crippen LogP contribution in [0.3, 0.4) is 0 Å². The monoisotopic (exact) mass is 265 g/mol. The topological polar surface area (TPSA) is 37.8 Å². The summed E-state index contributed by atoms with van der Waals surface area (Å²) < 4.78 is 0. The quantitative estimate of drug-likeness (QED) is 0.733. The van der Waals surface area contributed by atoms with E-state index >= 15 is 0 Å². The van der Waals surface area contributed by atoms with Gasteiger partial charge >= 0.3 is 0 Å². The Bertz CT molecular complexity index is 377. The fourth-order valence-corrected chi connectivity index (χ4v) is 2.70. The Labute approximate surface area is 114 Å². The summed E-state index contributed by atoms with van der Waals surface area (Å²) in [4.78, 5) is 9.29. The van der Waals surface area contributed by atoms with Crippen LogP contribution in [-0.4, -0.2) is 22.3 Å². The average Bonchev–Trinajstić information content (AvgIpc) is 3.21. The predicted octanol–water partition coefficient (Wildman–Crippen LogP) is 3.11. The zero-order chi connectivity index (χ0) is 12.8. The first-order valence-corrected chi connectivity index (χ1v) is 8.13. The van der Waals surface area contributed by atoms with Crippen LogP contribution in [0.25, 0.3) is 0 Å². The van der Waals surface area contributed by atoms with Gasteiger partial charge in [0, 0.05) is 24.2 Å². The Kier molecular flexibility index (Phi) is 5.45. The Hall–Kier alpha value is -0.610. The molecule has 0 amide bonds. The molecule has 0 unspecified atom stereocenters. The van der Waals surface area contributed by atoms with Crippen LogP contribution in [-0.2, 0) is 12.3 Å². The SMILES string of the molecule is CCCSCc1ncc(CNCC)c(C2CC2)n1. The molecule has 4 heteroatoms. The van der Waals surface area contributed by atoms with Gasteiger partial charge in [-0.05, 0) is 31.6 Å². The summed E-state index contributed by atoms with van der Waals surface area (Å²) in [6.07, 6.45) is 5.86. The van der Waals surface area contributed by atoms with Gasteiger partial charge in [-0.3, -0.25) is 0 Å². The summed E-state index contributed by atoms with van der Waals surface area (Å²) >= 11 is 1.93. The third-order valence-electron chi connectivity index (χ3n) is 3.06. The van der Waals surface area contributed by atoms with Crippen LogP contribution in [0.15, 0.2) is 6.20 Å². The molecule has 1 aliphatic carbocycles. The molecule has 0 spiro atoms. The van der Waals surface area contributed by atoms with E-state index in [9.17, 15) is 0 Å². The molecule has 0 atom stereocenters. The van der Waals surface area contributed by atoms with E-state index in [2.05, 4.69) is 24.1 Å². The van der Waals surface area contributed by atoms with Gasteiger partial charge in [0.1, 0.15) is 5.82 Å². The second-order valence-electron chi connectivity index (χ2n) is 4.80. The highest BCUT2D eigenvalue weighted by atomic mass is 32.2. The van der Waals surface area contributed by atoms with Gasteiger partial charge in [0.25, 0.3) is 0 Å². The van der Waals surface area contributed by atoms with Crippen molar-refractivity contribution in [2.24, 2.45) is 0 Å². The van der Waals surface area contributed by atoms with Crippen molar-refractivity contribution in [1.82, 2.24) is 15.3 Å². The standard InChI is InChI=1S/C14H23N3S/c1-3-7-18-10-13-16-9-12(8-15-4-2)14(17-13)11-5-6-11/h9,11,15H,3-8,10H2,1-2H3. The van der Waals surface area contributed by atoms with Crippen molar-refractivity contribution in [3.05, 3.63) is 23.3 Å². The minimum Gasteiger partial charge on any atom is -0.313 e. The van der Waals surface area contributed by atoms with Crippen LogP contribution in [0, 0.1) is 0 Å². The summed E-state index contributed by atoms with van der Waals surface area (Å²) in [5.41, 5.74) is 2.60. The average molecular weight is 265 g/mol. The van der Waals surface area contributed by atoms with E-state index in [4.69, 9.17) is 4.98 Å². The van der Waals surface area contributed by atoms with E-state index in [0.717, 1.165) is 24.7 Å². The van der Waals surface area contributed by atoms with Gasteiger partial charge in [-0.2, -0.15) is 11.8 Å². The normalized spacial score (nSPS) is 15.0. The van der Waals surface area contributed by atoms with Gasteiger partial charge in [0.15, 0.2) is 0 Å². The summed E-state index contributed by atoms with van der Waals surface area (Å²) in [5.74, 6) is 3.86. The molecule has 18 heavy (non-hydrogen) atoms. The maximum absolute atomic E-state index is 4.79. The van der Waals surface area contributed by atoms with E-state index in [1.54, 1.807) is 0 Å². The Balaban J connectivity index is 2.03. The third-order valence-corrected chi connectivity index (χ3v) is 4.22. The Morgan fingerprint density at radius 2 is 2.22 bits per heavy atom. The molecule has 0 bridgehead atoms. The van der Waals surface area contributed by atoms with Crippen LogP contribution in [0.1, 0.15) is 56.1 Å². The van der Waals surface area contributed by atoms with Crippen molar-refractivity contribution in [2.45, 2.75) is 51.3 Å². The summed E-state index contributed by atoms with van der Waals surface area (Å²) in [7, 11) is 0. The predicted molar refractivity (Wildman–Crippen MR) is 77.8 cm³/mol. The van der Waals surface area contributed by atoms with Crippen molar-refractivity contribution in [3.63, 3.8) is 0 Å². The molecule has 3 nitrogen and oxygen atoms in total. The van der Waals surface area contributed by atoms with Crippen LogP contribution < -0.4 is 5.32 Å². The van der Waals surface area contributed by atoms with E-state index in [-0.39, 0.29) is 0 Å². The summed E-state index contributed by atoms with van der Waals surface area (Å²) in [6.45, 7) is 6.25. The zero-order valence-electron chi connectivity index (χ0n) is 11.4. The van der Waals surface area contributed by atoms with Gasteiger partial charge in [-0.15, -0.1) is 0 Å². The van der Waals surface area contributed by atoms with Gasteiger partial charge in [-0.25, -0.2) is 9.97 Å². The first-order valence-electron chi connectivity index (χ1n) is 6.98. The van der Waals surface area contributed by atoms with Crippen molar-refractivity contribution in [3.8, 4) is 0 Å². The van der Waals surface area contributed by atoms with E-state index in [1.165, 1.54) is 36.3 Å². The number of hydrogen-bond donors (Lipinski definition) is 1. The molecular weight excluding hydrogens is 242 g/mol. The molecule has 1 aromatic rings. The van der Waals surface area contributed by atoms with Gasteiger partial charge in [0.05, 0.1) is 11.4 Å². The lowest BCUT2D eigenvalue weighted by Gasteiger charge is -2.09. The highest BCUT2D eigenvalue weighted by Gasteiger charge is 2.28. The van der Waals surface area contributed by atoms with Crippen LogP contribution >= 0.6 is 11.8 Å². The molecule has 0 saturated heterocycles. The molecule has 1 saturated carbocycles. The van der Waals surface area contributed by atoms with E-state index < -0.39 is 0 Å². The van der Waals surface area contributed by atoms with E-state index in [0.29, 0.717) is 5.92 Å². The fourth-order valence-electron chi connectivity index (χ4n) is 1.94. The Morgan fingerprint density at radius 1 is 1.39 bits per heavy atom. The van der Waals surface area contributed by atoms with Crippen molar-refractivity contribution in [2.75, 3.05) is 12.3 Å². The molecule has 0 radical (unpaired) electrons. The molecule has 100 valence electrons. The van der Waals surface area contributed by atoms with Crippen LogP contribution in [0.2, 0.25) is 0 Å². The lowest BCUT2D eigenvalue weighted by atomic mass is 10.1. The molecule has 0 aromatic carbocycles. The highest BCUT2D eigenvalue weighted by molar-refractivity contribution is 7.98. The number of thioether (sulfide) groups is 1. The van der Waals surface area contributed by atoms with Crippen molar-refractivity contribution in [1.29, 1.82) is 0 Å². The summed E-state index contributed by atoms with van der Waals surface area (Å²) in [6, 6.07) is 0. The first-order chi connectivity index (χ1) is 8.85. The molecule has 1 N–H and O–H groups in total. The molecule has 0 aliphatic heterocycles. The summed E-state index contributed by atoms with van der Waals surface area (Å²) in [5, 5.41) is 3.37. The molecule has 1 aromatic heterocycles. The lowest BCUT2D eigenvalue weighted by Crippen LogP contribution is -2.15. The molecule has 1 fully saturated rings. The number of nitrogens with zero attached hydrogens (tertiary/aromatic N) is 2. The molecule has 1 heterocycles. The number of hydrogen-bond acceptors (Lipinski definition) is 4. The van der Waals surface area contributed by atoms with Crippen LogP contribution in [0.4, 0.5) is 0 Å². The van der Waals surface area contributed by atoms with Gasteiger partial charge < -0.3 is 5.32 Å². The second-order valence-corrected chi connectivity index (χ2v) is 5.91. The number of aromatic nitrogens is 2. The maximum Gasteiger partial charge on any atom is 0.138 e. The molecular formula is C14H23N3S. The van der Waals surface area contributed by atoms with E-state index in [1.807, 2.05) is 18.0 Å². The third kappa shape index (κ3) is 3.95. The molecule has 2 rings (SSSR count). The number of nitrogens with one attached hydrogen (secondary N) is 1. The van der Waals surface area contributed by atoms with Crippen molar-refractivity contribution >= 4 is 11.8 Å². The molecule has 1 aliphatic rings. The van der Waals surface area contributed by atoms with Crippen LogP contribution in [0.5, 0.6) is 0 Å². The highest BCUT2D eigenvalue weighted by Crippen LogP contribution is 2.40. The fraction of sp³-hybridized carbons (Fsp3) is 0.714. The Morgan fingerprint density at radius 3 is 2.89 bits per heavy atom. The second kappa shape index (κ2) is 7.10. The van der Waals surface area contributed by atoms with Crippen molar-refractivity contribution < 1.29 is 0 Å². The van der Waals surface area contributed by atoms with Gasteiger partial charge in [-0.1, -0.05) is 13.8 Å². The largest absolute Gasteiger partial charge is 0.313 e. The van der Waals surface area contributed by atoms with Gasteiger partial charge in [0.2, 0.25) is 0 Å². The minimum atomic E-state index is 0.705. The smallest absolute Gasteiger partial charge is 0.138 e. The number of rotatable bonds is 8. The lowest BCUT2D eigenvalue weighted by molar-refractivity contribution is 0.707. The minimum absolute atomic E-state index is 0.705. The first kappa shape index (κ1) is 13.8. The zero-order valence-corrected chi connectivity index (χ0v) is 12.2.